The number of carbonyl (C=O) groups is 1. The van der Waals surface area contributed by atoms with Crippen molar-refractivity contribution in [2.75, 3.05) is 26.2 Å². The van der Waals surface area contributed by atoms with Gasteiger partial charge in [-0.15, -0.1) is 11.3 Å². The van der Waals surface area contributed by atoms with Gasteiger partial charge in [0.05, 0.1) is 6.61 Å². The van der Waals surface area contributed by atoms with Crippen LogP contribution in [0.25, 0.3) is 0 Å². The largest absolute Gasteiger partial charge is 0.358 e. The van der Waals surface area contributed by atoms with E-state index in [0.29, 0.717) is 48.9 Å². The SMILES string of the molecule is O=C(c1ccc(Br)cc1)N1CCC2(CC1)OCCN2S(=O)(=O)c1cccs1. The first-order valence-electron chi connectivity index (χ1n) is 8.68. The molecule has 144 valence electrons. The molecule has 1 spiro atoms. The van der Waals surface area contributed by atoms with Crippen LogP contribution in [-0.2, 0) is 14.8 Å². The maximum atomic E-state index is 13.0. The van der Waals surface area contributed by atoms with Gasteiger partial charge in [0.15, 0.2) is 0 Å². The Bertz CT molecular complexity index is 921. The van der Waals surface area contributed by atoms with Crippen LogP contribution in [0.5, 0.6) is 0 Å². The topological polar surface area (TPSA) is 66.9 Å². The van der Waals surface area contributed by atoms with E-state index in [1.54, 1.807) is 34.5 Å². The van der Waals surface area contributed by atoms with Gasteiger partial charge in [-0.2, -0.15) is 4.31 Å². The highest BCUT2D eigenvalue weighted by Crippen LogP contribution is 2.39. The van der Waals surface area contributed by atoms with Crippen LogP contribution in [0.2, 0.25) is 0 Å². The molecule has 1 aromatic carbocycles. The summed E-state index contributed by atoms with van der Waals surface area (Å²) in [5.41, 5.74) is -0.219. The first kappa shape index (κ1) is 19.1. The Morgan fingerprint density at radius 1 is 1.11 bits per heavy atom. The minimum absolute atomic E-state index is 0.0389. The van der Waals surface area contributed by atoms with Gasteiger partial charge in [-0.3, -0.25) is 4.79 Å². The molecule has 3 heterocycles. The van der Waals surface area contributed by atoms with E-state index in [1.165, 1.54) is 15.6 Å². The summed E-state index contributed by atoms with van der Waals surface area (Å²) in [4.78, 5) is 14.5. The van der Waals surface area contributed by atoms with Gasteiger partial charge in [-0.05, 0) is 35.7 Å². The standard InChI is InChI=1S/C18H19BrN2O4S2/c19-15-5-3-14(4-6-15)17(22)20-9-7-18(8-10-20)21(11-12-25-18)27(23,24)16-2-1-13-26-16/h1-6,13H,7-12H2. The van der Waals surface area contributed by atoms with Crippen LogP contribution in [0, 0.1) is 0 Å². The highest BCUT2D eigenvalue weighted by atomic mass is 79.9. The van der Waals surface area contributed by atoms with Crippen LogP contribution in [0.4, 0.5) is 0 Å². The summed E-state index contributed by atoms with van der Waals surface area (Å²) in [5, 5.41) is 1.76. The fraction of sp³-hybridized carbons (Fsp3) is 0.389. The molecule has 2 fully saturated rings. The number of carbonyl (C=O) groups excluding carboxylic acids is 1. The zero-order chi connectivity index (χ0) is 19.1. The van der Waals surface area contributed by atoms with Gasteiger partial charge in [0.2, 0.25) is 0 Å². The molecule has 1 amide bonds. The minimum atomic E-state index is -3.58. The molecule has 0 N–H and O–H groups in total. The third-order valence-corrected chi connectivity index (χ3v) is 8.93. The van der Waals surface area contributed by atoms with Crippen LogP contribution >= 0.6 is 27.3 Å². The van der Waals surface area contributed by atoms with Crippen molar-refractivity contribution in [3.8, 4) is 0 Å². The van der Waals surface area contributed by atoms with Gasteiger partial charge >= 0.3 is 0 Å². The maximum Gasteiger partial charge on any atom is 0.255 e. The summed E-state index contributed by atoms with van der Waals surface area (Å²) in [7, 11) is -3.58. The number of likely N-dealkylation sites (tertiary alicyclic amines) is 1. The predicted octanol–water partition coefficient (Wildman–Crippen LogP) is 3.16. The average molecular weight is 471 g/mol. The van der Waals surface area contributed by atoms with Gasteiger partial charge in [0.25, 0.3) is 15.9 Å². The Hall–Kier alpha value is -1.26. The van der Waals surface area contributed by atoms with Gasteiger partial charge in [0.1, 0.15) is 9.93 Å². The molecule has 0 atom stereocenters. The molecule has 1 aromatic heterocycles. The second-order valence-corrected chi connectivity index (χ2v) is 10.6. The van der Waals surface area contributed by atoms with Crippen molar-refractivity contribution >= 4 is 43.2 Å². The van der Waals surface area contributed by atoms with Gasteiger partial charge in [-0.25, -0.2) is 8.42 Å². The number of nitrogens with zero attached hydrogens (tertiary/aromatic N) is 2. The molecule has 2 saturated heterocycles. The van der Waals surface area contributed by atoms with Crippen molar-refractivity contribution < 1.29 is 17.9 Å². The fourth-order valence-corrected chi connectivity index (χ4v) is 6.77. The van der Waals surface area contributed by atoms with E-state index in [1.807, 2.05) is 12.1 Å². The van der Waals surface area contributed by atoms with Crippen LogP contribution in [0.15, 0.2) is 50.5 Å². The lowest BCUT2D eigenvalue weighted by atomic mass is 10.00. The van der Waals surface area contributed by atoms with E-state index in [4.69, 9.17) is 4.74 Å². The van der Waals surface area contributed by atoms with Gasteiger partial charge in [-0.1, -0.05) is 22.0 Å². The highest BCUT2D eigenvalue weighted by Gasteiger charge is 2.51. The number of hydrogen-bond acceptors (Lipinski definition) is 5. The number of benzene rings is 1. The Labute approximate surface area is 170 Å². The van der Waals surface area contributed by atoms with E-state index in [-0.39, 0.29) is 5.91 Å². The predicted molar refractivity (Wildman–Crippen MR) is 106 cm³/mol. The van der Waals surface area contributed by atoms with E-state index >= 15 is 0 Å². The quantitative estimate of drug-likeness (QED) is 0.690. The van der Waals surface area contributed by atoms with Crippen molar-refractivity contribution in [1.29, 1.82) is 0 Å². The second-order valence-electron chi connectivity index (χ2n) is 6.60. The molecule has 27 heavy (non-hydrogen) atoms. The van der Waals surface area contributed by atoms with Crippen molar-refractivity contribution in [3.63, 3.8) is 0 Å². The van der Waals surface area contributed by atoms with Crippen molar-refractivity contribution in [2.24, 2.45) is 0 Å². The fourth-order valence-electron chi connectivity index (χ4n) is 3.68. The van der Waals surface area contributed by atoms with E-state index in [9.17, 15) is 13.2 Å². The number of amides is 1. The molecule has 6 nitrogen and oxygen atoms in total. The summed E-state index contributed by atoms with van der Waals surface area (Å²) in [6.45, 7) is 1.66. The number of sulfonamides is 1. The molecular formula is C18H19BrN2O4S2. The van der Waals surface area contributed by atoms with Crippen LogP contribution in [0.1, 0.15) is 23.2 Å². The molecular weight excluding hydrogens is 452 g/mol. The zero-order valence-electron chi connectivity index (χ0n) is 14.5. The zero-order valence-corrected chi connectivity index (χ0v) is 17.7. The lowest BCUT2D eigenvalue weighted by Gasteiger charge is -2.42. The molecule has 2 aliphatic heterocycles. The highest BCUT2D eigenvalue weighted by molar-refractivity contribution is 9.10. The Morgan fingerprint density at radius 2 is 1.81 bits per heavy atom. The van der Waals surface area contributed by atoms with Gasteiger partial charge < -0.3 is 9.64 Å². The number of halogens is 1. The van der Waals surface area contributed by atoms with Crippen LogP contribution in [-0.4, -0.2) is 55.5 Å². The monoisotopic (exact) mass is 470 g/mol. The van der Waals surface area contributed by atoms with Crippen molar-refractivity contribution in [2.45, 2.75) is 22.8 Å². The molecule has 2 aromatic rings. The normalized spacial score (nSPS) is 20.3. The Kier molecular flexibility index (Phi) is 5.15. The number of ether oxygens (including phenoxy) is 1. The van der Waals surface area contributed by atoms with E-state index < -0.39 is 15.7 Å². The smallest absolute Gasteiger partial charge is 0.255 e. The summed E-state index contributed by atoms with van der Waals surface area (Å²) in [5.74, 6) is -0.0389. The number of rotatable bonds is 3. The lowest BCUT2D eigenvalue weighted by molar-refractivity contribution is -0.0856. The third kappa shape index (κ3) is 3.47. The summed E-state index contributed by atoms with van der Waals surface area (Å²) in [6, 6.07) is 10.6. The summed E-state index contributed by atoms with van der Waals surface area (Å²) < 4.78 is 34.7. The first-order valence-corrected chi connectivity index (χ1v) is 11.8. The van der Waals surface area contributed by atoms with Crippen LogP contribution < -0.4 is 0 Å². The van der Waals surface area contributed by atoms with Crippen molar-refractivity contribution in [3.05, 3.63) is 51.8 Å². The molecule has 0 bridgehead atoms. The third-order valence-electron chi connectivity index (χ3n) is 5.08. The van der Waals surface area contributed by atoms with E-state index in [2.05, 4.69) is 15.9 Å². The summed E-state index contributed by atoms with van der Waals surface area (Å²) in [6.07, 6.45) is 0.944. The lowest BCUT2D eigenvalue weighted by Crippen LogP contribution is -2.55. The molecule has 4 rings (SSSR count). The molecule has 9 heteroatoms. The Balaban J connectivity index is 1.50. The average Bonchev–Trinajstić information content (AvgIpc) is 3.34. The molecule has 0 saturated carbocycles. The first-order chi connectivity index (χ1) is 12.9. The van der Waals surface area contributed by atoms with Crippen LogP contribution in [0.3, 0.4) is 0 Å². The number of thiophene rings is 1. The number of hydrogen-bond donors (Lipinski definition) is 0. The second kappa shape index (κ2) is 7.29. The van der Waals surface area contributed by atoms with Crippen molar-refractivity contribution in [1.82, 2.24) is 9.21 Å². The summed E-state index contributed by atoms with van der Waals surface area (Å²) >= 11 is 4.58. The van der Waals surface area contributed by atoms with Gasteiger partial charge in [0, 0.05) is 42.5 Å². The Morgan fingerprint density at radius 3 is 2.44 bits per heavy atom. The molecule has 0 unspecified atom stereocenters. The molecule has 0 radical (unpaired) electrons. The molecule has 2 aliphatic rings. The maximum absolute atomic E-state index is 13.0. The number of piperidine rings is 1. The minimum Gasteiger partial charge on any atom is -0.358 e. The molecule has 0 aliphatic carbocycles. The van der Waals surface area contributed by atoms with E-state index in [0.717, 1.165) is 4.47 Å².